The summed E-state index contributed by atoms with van der Waals surface area (Å²) in [6, 6.07) is 13.0. The van der Waals surface area contributed by atoms with Crippen molar-refractivity contribution >= 4 is 18.0 Å². The molecule has 1 N–H and O–H groups in total. The third kappa shape index (κ3) is 2.50. The molecule has 8 heteroatoms. The first-order chi connectivity index (χ1) is 11.8. The molecule has 0 saturated carbocycles. The summed E-state index contributed by atoms with van der Waals surface area (Å²) in [6.45, 7) is 0. The molecule has 3 heterocycles. The van der Waals surface area contributed by atoms with Crippen LogP contribution in [0.15, 0.2) is 58.6 Å². The standard InChI is InChI=1S/C16H11N7O/c24-16-18-9-12(19-16)13(10-5-2-1-3-6-10)11-7-4-8-17-14(11)15-20-22-23-21-15/h1-9,13H,(H,20,21,22,23). The summed E-state index contributed by atoms with van der Waals surface area (Å²) in [5.41, 5.74) is 2.93. The Morgan fingerprint density at radius 3 is 2.62 bits per heavy atom. The molecule has 0 bridgehead atoms. The van der Waals surface area contributed by atoms with E-state index in [-0.39, 0.29) is 5.92 Å². The van der Waals surface area contributed by atoms with Gasteiger partial charge in [-0.25, -0.2) is 4.79 Å². The van der Waals surface area contributed by atoms with Crippen LogP contribution < -0.4 is 0 Å². The highest BCUT2D eigenvalue weighted by atomic mass is 16.2. The molecule has 4 rings (SSSR count). The molecule has 0 spiro atoms. The van der Waals surface area contributed by atoms with Crippen molar-refractivity contribution in [2.75, 3.05) is 0 Å². The van der Waals surface area contributed by atoms with Gasteiger partial charge in [0.15, 0.2) is 0 Å². The molecule has 1 aliphatic rings. The highest BCUT2D eigenvalue weighted by Crippen LogP contribution is 2.32. The number of hydrogen-bond donors (Lipinski definition) is 1. The smallest absolute Gasteiger partial charge is 0.252 e. The second-order valence-corrected chi connectivity index (χ2v) is 5.10. The monoisotopic (exact) mass is 317 g/mol. The van der Waals surface area contributed by atoms with Crippen LogP contribution in [-0.4, -0.2) is 43.6 Å². The van der Waals surface area contributed by atoms with Gasteiger partial charge >= 0.3 is 6.03 Å². The summed E-state index contributed by atoms with van der Waals surface area (Å²) < 4.78 is 0. The number of pyridine rings is 1. The number of aromatic amines is 1. The van der Waals surface area contributed by atoms with E-state index in [1.54, 1.807) is 6.20 Å². The maximum Gasteiger partial charge on any atom is 0.367 e. The zero-order valence-electron chi connectivity index (χ0n) is 12.4. The van der Waals surface area contributed by atoms with Crippen molar-refractivity contribution < 1.29 is 4.79 Å². The van der Waals surface area contributed by atoms with Gasteiger partial charge in [-0.1, -0.05) is 36.4 Å². The number of amides is 2. The number of hydrogen-bond acceptors (Lipinski definition) is 5. The molecule has 8 nitrogen and oxygen atoms in total. The SMILES string of the molecule is O=C1N=CC(C(c2ccccc2)c2cccnc2-c2nn[nH]n2)=N1. The molecule has 24 heavy (non-hydrogen) atoms. The van der Waals surface area contributed by atoms with Crippen LogP contribution in [-0.2, 0) is 0 Å². The van der Waals surface area contributed by atoms with Gasteiger partial charge in [0, 0.05) is 6.20 Å². The van der Waals surface area contributed by atoms with E-state index in [9.17, 15) is 4.79 Å². The summed E-state index contributed by atoms with van der Waals surface area (Å²) in [6.07, 6.45) is 3.15. The molecule has 1 aromatic carbocycles. The van der Waals surface area contributed by atoms with Crippen molar-refractivity contribution in [1.29, 1.82) is 0 Å². The van der Waals surface area contributed by atoms with E-state index in [0.717, 1.165) is 11.1 Å². The Labute approximate surface area is 136 Å². The van der Waals surface area contributed by atoms with E-state index in [1.165, 1.54) is 6.21 Å². The largest absolute Gasteiger partial charge is 0.367 e. The quantitative estimate of drug-likeness (QED) is 0.792. The van der Waals surface area contributed by atoms with Crippen LogP contribution in [0.4, 0.5) is 4.79 Å². The third-order valence-corrected chi connectivity index (χ3v) is 3.67. The van der Waals surface area contributed by atoms with Gasteiger partial charge in [-0.15, -0.1) is 10.2 Å². The Morgan fingerprint density at radius 1 is 1.04 bits per heavy atom. The number of carbonyl (C=O) groups excluding carboxylic acids is 1. The fourth-order valence-corrected chi connectivity index (χ4v) is 2.68. The van der Waals surface area contributed by atoms with Gasteiger partial charge in [0.2, 0.25) is 5.82 Å². The van der Waals surface area contributed by atoms with Crippen LogP contribution in [0.3, 0.4) is 0 Å². The van der Waals surface area contributed by atoms with Gasteiger partial charge in [0.25, 0.3) is 0 Å². The van der Waals surface area contributed by atoms with Crippen molar-refractivity contribution in [3.05, 3.63) is 59.8 Å². The molecule has 3 aromatic rings. The van der Waals surface area contributed by atoms with Crippen LogP contribution in [0.5, 0.6) is 0 Å². The number of nitrogens with one attached hydrogen (secondary N) is 1. The van der Waals surface area contributed by atoms with E-state index in [4.69, 9.17) is 0 Å². The molecule has 1 atom stereocenters. The van der Waals surface area contributed by atoms with Crippen molar-refractivity contribution in [2.24, 2.45) is 9.98 Å². The molecular weight excluding hydrogens is 306 g/mol. The van der Waals surface area contributed by atoms with Crippen molar-refractivity contribution in [1.82, 2.24) is 25.6 Å². The Kier molecular flexibility index (Phi) is 3.47. The summed E-state index contributed by atoms with van der Waals surface area (Å²) >= 11 is 0. The van der Waals surface area contributed by atoms with Gasteiger partial charge in [-0.3, -0.25) is 4.98 Å². The highest BCUT2D eigenvalue weighted by Gasteiger charge is 2.27. The van der Waals surface area contributed by atoms with Crippen LogP contribution in [0.25, 0.3) is 11.5 Å². The number of benzene rings is 1. The number of aromatic nitrogens is 5. The average molecular weight is 317 g/mol. The third-order valence-electron chi connectivity index (χ3n) is 3.67. The van der Waals surface area contributed by atoms with Crippen molar-refractivity contribution in [2.45, 2.75) is 5.92 Å². The topological polar surface area (TPSA) is 109 Å². The lowest BCUT2D eigenvalue weighted by molar-refractivity contribution is 0.257. The number of urea groups is 1. The number of tetrazole rings is 1. The van der Waals surface area contributed by atoms with Crippen LogP contribution in [0.1, 0.15) is 17.0 Å². The maximum absolute atomic E-state index is 11.5. The van der Waals surface area contributed by atoms with Gasteiger partial charge < -0.3 is 0 Å². The molecule has 1 aliphatic heterocycles. The van der Waals surface area contributed by atoms with E-state index < -0.39 is 6.03 Å². The van der Waals surface area contributed by atoms with Crippen molar-refractivity contribution in [3.8, 4) is 11.5 Å². The van der Waals surface area contributed by atoms with Crippen LogP contribution >= 0.6 is 0 Å². The van der Waals surface area contributed by atoms with E-state index in [0.29, 0.717) is 17.2 Å². The second kappa shape index (κ2) is 5.92. The highest BCUT2D eigenvalue weighted by molar-refractivity contribution is 6.40. The maximum atomic E-state index is 11.5. The lowest BCUT2D eigenvalue weighted by Crippen LogP contribution is -2.16. The molecule has 2 aromatic heterocycles. The van der Waals surface area contributed by atoms with Gasteiger partial charge in [0.05, 0.1) is 17.8 Å². The Hall–Kier alpha value is -3.55. The first-order valence-electron chi connectivity index (χ1n) is 7.23. The normalized spacial score (nSPS) is 14.7. The predicted octanol–water partition coefficient (Wildman–Crippen LogP) is 2.04. The summed E-state index contributed by atoms with van der Waals surface area (Å²) in [7, 11) is 0. The zero-order chi connectivity index (χ0) is 16.4. The minimum Gasteiger partial charge on any atom is -0.252 e. The molecule has 0 aliphatic carbocycles. The molecule has 2 amide bonds. The zero-order valence-corrected chi connectivity index (χ0v) is 12.4. The lowest BCUT2D eigenvalue weighted by atomic mass is 9.86. The average Bonchev–Trinajstić information content (AvgIpc) is 3.29. The first-order valence-corrected chi connectivity index (χ1v) is 7.23. The van der Waals surface area contributed by atoms with Crippen molar-refractivity contribution in [3.63, 3.8) is 0 Å². The molecule has 116 valence electrons. The molecule has 1 unspecified atom stereocenters. The van der Waals surface area contributed by atoms with Gasteiger partial charge in [-0.05, 0) is 22.4 Å². The number of nitrogens with zero attached hydrogens (tertiary/aromatic N) is 6. The number of rotatable bonds is 4. The summed E-state index contributed by atoms with van der Waals surface area (Å²) in [4.78, 5) is 23.7. The number of carbonyl (C=O) groups is 1. The van der Waals surface area contributed by atoms with Crippen LogP contribution in [0, 0.1) is 0 Å². The fraction of sp³-hybridized carbons (Fsp3) is 0.0625. The van der Waals surface area contributed by atoms with Gasteiger partial charge in [-0.2, -0.15) is 15.2 Å². The van der Waals surface area contributed by atoms with Crippen LogP contribution in [0.2, 0.25) is 0 Å². The van der Waals surface area contributed by atoms with E-state index in [2.05, 4.69) is 35.6 Å². The minimum atomic E-state index is -0.504. The number of H-pyrrole nitrogens is 1. The van der Waals surface area contributed by atoms with E-state index >= 15 is 0 Å². The van der Waals surface area contributed by atoms with E-state index in [1.807, 2.05) is 42.5 Å². The molecule has 0 radical (unpaired) electrons. The second-order valence-electron chi connectivity index (χ2n) is 5.10. The molecule has 0 fully saturated rings. The Balaban J connectivity index is 1.91. The molecular formula is C16H11N7O. The number of aliphatic imine (C=N–C) groups is 2. The lowest BCUT2D eigenvalue weighted by Gasteiger charge is -2.18. The minimum absolute atomic E-state index is 0.302. The Morgan fingerprint density at radius 2 is 1.92 bits per heavy atom. The summed E-state index contributed by atoms with van der Waals surface area (Å²) in [5, 5.41) is 14.1. The summed E-state index contributed by atoms with van der Waals surface area (Å²) in [5.74, 6) is 0.0805. The Bertz CT molecular complexity index is 932. The first kappa shape index (κ1) is 14.1. The predicted molar refractivity (Wildman–Crippen MR) is 87.0 cm³/mol. The van der Waals surface area contributed by atoms with Gasteiger partial charge in [0.1, 0.15) is 5.69 Å². The fourth-order valence-electron chi connectivity index (χ4n) is 2.68. The molecule has 0 saturated heterocycles.